The molecule has 0 amide bonds. The van der Waals surface area contributed by atoms with Crippen molar-refractivity contribution in [3.8, 4) is 0 Å². The molecule has 1 radical (unpaired) electrons. The van der Waals surface area contributed by atoms with Crippen molar-refractivity contribution < 1.29 is 0 Å². The summed E-state index contributed by atoms with van der Waals surface area (Å²) in [5, 5.41) is 4.43. The molecule has 4 saturated heterocycles. The number of piperidine rings is 3. The molecule has 4 fully saturated rings. The van der Waals surface area contributed by atoms with E-state index in [1.54, 1.807) is 0 Å². The predicted octanol–water partition coefficient (Wildman–Crippen LogP) is 0.000600. The molecule has 3 nitrogen and oxygen atoms in total. The zero-order valence-corrected chi connectivity index (χ0v) is 8.86. The van der Waals surface area contributed by atoms with Gasteiger partial charge >= 0.3 is 0 Å². The van der Waals surface area contributed by atoms with Crippen molar-refractivity contribution >= 4 is 0 Å². The molecule has 1 unspecified atom stereocenters. The maximum atomic E-state index is 4.43. The second-order valence-electron chi connectivity index (χ2n) is 4.91. The van der Waals surface area contributed by atoms with Crippen LogP contribution in [0.1, 0.15) is 12.8 Å². The van der Waals surface area contributed by atoms with E-state index in [4.69, 9.17) is 0 Å². The van der Waals surface area contributed by atoms with E-state index in [-0.39, 0.29) is 0 Å². The number of piperazine rings is 1. The van der Waals surface area contributed by atoms with Gasteiger partial charge in [0.05, 0.1) is 0 Å². The third-order valence-electron chi connectivity index (χ3n) is 4.18. The third kappa shape index (κ3) is 1.58. The van der Waals surface area contributed by atoms with Crippen LogP contribution in [0.25, 0.3) is 0 Å². The van der Waals surface area contributed by atoms with Gasteiger partial charge in [0.2, 0.25) is 0 Å². The third-order valence-corrected chi connectivity index (χ3v) is 4.18. The normalized spacial score (nSPS) is 44.1. The van der Waals surface area contributed by atoms with Crippen LogP contribution >= 0.6 is 0 Å². The molecule has 0 spiro atoms. The van der Waals surface area contributed by atoms with Gasteiger partial charge in [-0.2, -0.15) is 0 Å². The highest BCUT2D eigenvalue weighted by atomic mass is 15.3. The lowest BCUT2D eigenvalue weighted by Crippen LogP contribution is -2.59. The predicted molar refractivity (Wildman–Crippen MR) is 56.4 cm³/mol. The molecule has 0 aromatic carbocycles. The number of hydrogen-bond donors (Lipinski definition) is 0. The molecule has 4 rings (SSSR count). The second kappa shape index (κ2) is 3.80. The zero-order valence-electron chi connectivity index (χ0n) is 8.86. The monoisotopic (exact) mass is 194 g/mol. The van der Waals surface area contributed by atoms with E-state index < -0.39 is 0 Å². The Bertz CT molecular complexity index is 193. The highest BCUT2D eigenvalue weighted by Gasteiger charge is 2.37. The summed E-state index contributed by atoms with van der Waals surface area (Å²) in [5.74, 6) is 0.998. The highest BCUT2D eigenvalue weighted by molar-refractivity contribution is 4.93. The molecule has 4 heterocycles. The largest absolute Gasteiger partial charge is 0.302 e. The fourth-order valence-electron chi connectivity index (χ4n) is 3.30. The first kappa shape index (κ1) is 9.13. The first-order valence-corrected chi connectivity index (χ1v) is 6.03. The van der Waals surface area contributed by atoms with Crippen LogP contribution in [0.5, 0.6) is 0 Å². The minimum absolute atomic E-state index is 0.869. The van der Waals surface area contributed by atoms with Gasteiger partial charge in [0, 0.05) is 38.8 Å². The second-order valence-corrected chi connectivity index (χ2v) is 4.91. The lowest BCUT2D eigenvalue weighted by Gasteiger charge is -2.49. The molecule has 14 heavy (non-hydrogen) atoms. The van der Waals surface area contributed by atoms with Crippen molar-refractivity contribution in [2.45, 2.75) is 18.9 Å². The quantitative estimate of drug-likeness (QED) is 0.586. The highest BCUT2D eigenvalue weighted by Crippen LogP contribution is 2.30. The average molecular weight is 194 g/mol. The standard InChI is InChI=1S/C11H20N3/c1-5-13-6-2-10(1)11(9-13)14-7-3-12-4-8-14/h10-11H,1-9H2. The lowest BCUT2D eigenvalue weighted by atomic mass is 9.83. The van der Waals surface area contributed by atoms with Gasteiger partial charge in [0.25, 0.3) is 0 Å². The van der Waals surface area contributed by atoms with E-state index in [0.717, 1.165) is 25.0 Å². The molecular formula is C11H20N3. The fraction of sp³-hybridized carbons (Fsp3) is 1.00. The molecule has 1 atom stereocenters. The lowest BCUT2D eigenvalue weighted by molar-refractivity contribution is 0.000260. The van der Waals surface area contributed by atoms with Gasteiger partial charge < -0.3 is 4.90 Å². The zero-order chi connectivity index (χ0) is 9.38. The molecule has 79 valence electrons. The maximum Gasteiger partial charge on any atom is 0.0261 e. The molecule has 4 aliphatic heterocycles. The van der Waals surface area contributed by atoms with E-state index in [1.165, 1.54) is 45.6 Å². The molecule has 0 N–H and O–H groups in total. The van der Waals surface area contributed by atoms with E-state index in [1.807, 2.05) is 0 Å². The van der Waals surface area contributed by atoms with Gasteiger partial charge in [0.1, 0.15) is 0 Å². The number of fused-ring (bicyclic) bond motifs is 3. The van der Waals surface area contributed by atoms with Gasteiger partial charge in [-0.25, -0.2) is 5.32 Å². The van der Waals surface area contributed by atoms with Crippen LogP contribution in [0.4, 0.5) is 0 Å². The molecule has 2 bridgehead atoms. The summed E-state index contributed by atoms with van der Waals surface area (Å²) in [5.41, 5.74) is 0. The topological polar surface area (TPSA) is 20.6 Å². The van der Waals surface area contributed by atoms with Crippen LogP contribution < -0.4 is 5.32 Å². The van der Waals surface area contributed by atoms with Gasteiger partial charge in [0.15, 0.2) is 0 Å². The van der Waals surface area contributed by atoms with Crippen molar-refractivity contribution in [1.29, 1.82) is 0 Å². The van der Waals surface area contributed by atoms with Crippen LogP contribution in [0.2, 0.25) is 0 Å². The van der Waals surface area contributed by atoms with Crippen LogP contribution in [0.3, 0.4) is 0 Å². The van der Waals surface area contributed by atoms with Crippen LogP contribution in [-0.4, -0.2) is 61.7 Å². The molecule has 3 heteroatoms. The summed E-state index contributed by atoms with van der Waals surface area (Å²) in [4.78, 5) is 5.35. The summed E-state index contributed by atoms with van der Waals surface area (Å²) >= 11 is 0. The Morgan fingerprint density at radius 3 is 2.21 bits per heavy atom. The van der Waals surface area contributed by atoms with Gasteiger partial charge in [-0.05, 0) is 31.8 Å². The molecule has 0 saturated carbocycles. The fourth-order valence-corrected chi connectivity index (χ4v) is 3.30. The Morgan fingerprint density at radius 2 is 1.64 bits per heavy atom. The average Bonchev–Trinajstić information content (AvgIpc) is 2.32. The minimum Gasteiger partial charge on any atom is -0.302 e. The van der Waals surface area contributed by atoms with Crippen molar-refractivity contribution in [2.75, 3.05) is 45.8 Å². The van der Waals surface area contributed by atoms with E-state index >= 15 is 0 Å². The van der Waals surface area contributed by atoms with E-state index in [2.05, 4.69) is 15.1 Å². The molecular weight excluding hydrogens is 174 g/mol. The Balaban J connectivity index is 1.66. The van der Waals surface area contributed by atoms with Crippen LogP contribution in [0, 0.1) is 5.92 Å². The van der Waals surface area contributed by atoms with Gasteiger partial charge in [-0.1, -0.05) is 0 Å². The smallest absolute Gasteiger partial charge is 0.0261 e. The Kier molecular flexibility index (Phi) is 2.48. The first-order chi connectivity index (χ1) is 6.93. The van der Waals surface area contributed by atoms with Crippen molar-refractivity contribution in [3.63, 3.8) is 0 Å². The minimum atomic E-state index is 0.869. The molecule has 0 aromatic heterocycles. The van der Waals surface area contributed by atoms with Crippen molar-refractivity contribution in [3.05, 3.63) is 0 Å². The Labute approximate surface area is 86.4 Å². The maximum absolute atomic E-state index is 4.43. The molecule has 0 aromatic rings. The van der Waals surface area contributed by atoms with E-state index in [0.29, 0.717) is 0 Å². The molecule has 0 aliphatic carbocycles. The van der Waals surface area contributed by atoms with Crippen LogP contribution in [0.15, 0.2) is 0 Å². The summed E-state index contributed by atoms with van der Waals surface area (Å²) in [6.07, 6.45) is 2.89. The summed E-state index contributed by atoms with van der Waals surface area (Å²) in [6.45, 7) is 8.64. The summed E-state index contributed by atoms with van der Waals surface area (Å²) < 4.78 is 0. The van der Waals surface area contributed by atoms with Crippen molar-refractivity contribution in [1.82, 2.24) is 15.1 Å². The summed E-state index contributed by atoms with van der Waals surface area (Å²) in [7, 11) is 0. The van der Waals surface area contributed by atoms with Crippen molar-refractivity contribution in [2.24, 2.45) is 5.92 Å². The van der Waals surface area contributed by atoms with Gasteiger partial charge in [-0.3, -0.25) is 4.90 Å². The van der Waals surface area contributed by atoms with E-state index in [9.17, 15) is 0 Å². The molecule has 4 aliphatic rings. The first-order valence-electron chi connectivity index (χ1n) is 6.03. The Morgan fingerprint density at radius 1 is 0.929 bits per heavy atom. The number of hydrogen-bond acceptors (Lipinski definition) is 2. The van der Waals surface area contributed by atoms with Crippen LogP contribution in [-0.2, 0) is 0 Å². The Hall–Kier alpha value is -0.120. The number of nitrogens with zero attached hydrogens (tertiary/aromatic N) is 3. The SMILES string of the molecule is C1CN(C2CN3CCC2CC3)CC[N]1. The number of rotatable bonds is 1. The van der Waals surface area contributed by atoms with Gasteiger partial charge in [-0.15, -0.1) is 0 Å². The summed E-state index contributed by atoms with van der Waals surface area (Å²) in [6, 6.07) is 0.869.